The van der Waals surface area contributed by atoms with Gasteiger partial charge in [-0.2, -0.15) is 0 Å². The first-order valence-corrected chi connectivity index (χ1v) is 9.71. The number of nitrogens with zero attached hydrogens (tertiary/aromatic N) is 3. The van der Waals surface area contributed by atoms with E-state index >= 15 is 0 Å². The molecule has 0 bridgehead atoms. The minimum Gasteiger partial charge on any atom is -0.383 e. The molecule has 140 valence electrons. The molecule has 0 N–H and O–H groups in total. The van der Waals surface area contributed by atoms with Gasteiger partial charge in [0.25, 0.3) is 0 Å². The van der Waals surface area contributed by atoms with Crippen LogP contribution in [-0.4, -0.2) is 41.0 Å². The van der Waals surface area contributed by atoms with Crippen molar-refractivity contribution >= 4 is 17.2 Å². The second-order valence-electron chi connectivity index (χ2n) is 6.25. The number of rotatable bonds is 8. The predicted octanol–water partition coefficient (Wildman–Crippen LogP) is 3.73. The number of amides is 1. The lowest BCUT2D eigenvalue weighted by atomic mass is 10.1. The maximum atomic E-state index is 12.8. The Morgan fingerprint density at radius 2 is 2.00 bits per heavy atom. The molecule has 2 aromatic heterocycles. The Kier molecular flexibility index (Phi) is 6.68. The molecule has 0 spiro atoms. The first kappa shape index (κ1) is 19.2. The van der Waals surface area contributed by atoms with Crippen molar-refractivity contribution in [3.63, 3.8) is 0 Å². The number of methoxy groups -OCH3 is 1. The topological polar surface area (TPSA) is 55.3 Å². The molecule has 1 amide bonds. The maximum Gasteiger partial charge on any atom is 0.227 e. The molecule has 6 heteroatoms. The van der Waals surface area contributed by atoms with Crippen LogP contribution >= 0.6 is 11.3 Å². The van der Waals surface area contributed by atoms with Crippen LogP contribution < -0.4 is 0 Å². The second kappa shape index (κ2) is 9.39. The SMILES string of the molecule is COCCN(Cc1ccccn1)C(=O)Cc1ccc(-c2csc(C)n2)cc1. The first-order valence-electron chi connectivity index (χ1n) is 8.84. The number of aryl methyl sites for hydroxylation is 1. The highest BCUT2D eigenvalue weighted by Gasteiger charge is 2.15. The number of thiazole rings is 1. The van der Waals surface area contributed by atoms with E-state index in [4.69, 9.17) is 4.74 Å². The molecule has 0 fully saturated rings. The van der Waals surface area contributed by atoms with E-state index in [1.165, 1.54) is 0 Å². The van der Waals surface area contributed by atoms with Crippen LogP contribution in [0.2, 0.25) is 0 Å². The van der Waals surface area contributed by atoms with E-state index in [0.29, 0.717) is 26.1 Å². The summed E-state index contributed by atoms with van der Waals surface area (Å²) in [6.45, 7) is 3.53. The number of pyridine rings is 1. The number of hydrogen-bond donors (Lipinski definition) is 0. The van der Waals surface area contributed by atoms with Gasteiger partial charge in [0.2, 0.25) is 5.91 Å². The molecule has 3 aromatic rings. The van der Waals surface area contributed by atoms with Gasteiger partial charge in [0, 0.05) is 30.8 Å². The molecule has 0 unspecified atom stereocenters. The fourth-order valence-electron chi connectivity index (χ4n) is 2.76. The summed E-state index contributed by atoms with van der Waals surface area (Å²) in [6, 6.07) is 13.8. The summed E-state index contributed by atoms with van der Waals surface area (Å²) in [4.78, 5) is 23.4. The number of carbonyl (C=O) groups is 1. The Morgan fingerprint density at radius 3 is 2.63 bits per heavy atom. The summed E-state index contributed by atoms with van der Waals surface area (Å²) in [5.41, 5.74) is 3.91. The van der Waals surface area contributed by atoms with E-state index in [1.807, 2.05) is 49.4 Å². The Balaban J connectivity index is 1.67. The van der Waals surface area contributed by atoms with Crippen LogP contribution in [0, 0.1) is 6.92 Å². The van der Waals surface area contributed by atoms with E-state index in [-0.39, 0.29) is 5.91 Å². The van der Waals surface area contributed by atoms with E-state index in [1.54, 1.807) is 29.5 Å². The lowest BCUT2D eigenvalue weighted by molar-refractivity contribution is -0.131. The van der Waals surface area contributed by atoms with Crippen LogP contribution in [0.4, 0.5) is 0 Å². The number of carbonyl (C=O) groups excluding carboxylic acids is 1. The van der Waals surface area contributed by atoms with Gasteiger partial charge in [-0.1, -0.05) is 30.3 Å². The Morgan fingerprint density at radius 1 is 1.19 bits per heavy atom. The number of benzene rings is 1. The molecule has 2 heterocycles. The Labute approximate surface area is 163 Å². The third kappa shape index (κ3) is 5.45. The summed E-state index contributed by atoms with van der Waals surface area (Å²) in [5, 5.41) is 3.10. The minimum atomic E-state index is 0.0648. The fourth-order valence-corrected chi connectivity index (χ4v) is 3.38. The minimum absolute atomic E-state index is 0.0648. The summed E-state index contributed by atoms with van der Waals surface area (Å²) in [7, 11) is 1.64. The van der Waals surface area contributed by atoms with Crippen molar-refractivity contribution < 1.29 is 9.53 Å². The fraction of sp³-hybridized carbons (Fsp3) is 0.286. The van der Waals surface area contributed by atoms with Crippen LogP contribution in [0.3, 0.4) is 0 Å². The highest BCUT2D eigenvalue weighted by atomic mass is 32.1. The van der Waals surface area contributed by atoms with Crippen molar-refractivity contribution in [2.24, 2.45) is 0 Å². The molecule has 0 aliphatic carbocycles. The van der Waals surface area contributed by atoms with Crippen molar-refractivity contribution in [2.75, 3.05) is 20.3 Å². The summed E-state index contributed by atoms with van der Waals surface area (Å²) in [6.07, 6.45) is 2.10. The average Bonchev–Trinajstić information content (AvgIpc) is 3.13. The summed E-state index contributed by atoms with van der Waals surface area (Å²) >= 11 is 1.64. The van der Waals surface area contributed by atoms with E-state index in [2.05, 4.69) is 15.3 Å². The molecule has 5 nitrogen and oxygen atoms in total. The highest BCUT2D eigenvalue weighted by Crippen LogP contribution is 2.22. The normalized spacial score (nSPS) is 10.7. The number of hydrogen-bond acceptors (Lipinski definition) is 5. The van der Waals surface area contributed by atoms with Gasteiger partial charge < -0.3 is 9.64 Å². The first-order chi connectivity index (χ1) is 13.2. The van der Waals surface area contributed by atoms with Crippen molar-refractivity contribution in [2.45, 2.75) is 19.9 Å². The zero-order valence-electron chi connectivity index (χ0n) is 15.6. The van der Waals surface area contributed by atoms with Gasteiger partial charge in [-0.15, -0.1) is 11.3 Å². The van der Waals surface area contributed by atoms with Crippen molar-refractivity contribution in [3.05, 3.63) is 70.3 Å². The van der Waals surface area contributed by atoms with E-state index < -0.39 is 0 Å². The zero-order chi connectivity index (χ0) is 19.1. The predicted molar refractivity (Wildman–Crippen MR) is 108 cm³/mol. The van der Waals surface area contributed by atoms with Gasteiger partial charge in [-0.05, 0) is 24.6 Å². The molecular formula is C21H23N3O2S. The standard InChI is InChI=1S/C21H23N3O2S/c1-16-23-20(15-27-16)18-8-6-17(7-9-18)13-21(25)24(11-12-26-2)14-19-5-3-4-10-22-19/h3-10,15H,11-14H2,1-2H3. The largest absolute Gasteiger partial charge is 0.383 e. The van der Waals surface area contributed by atoms with Gasteiger partial charge in [0.15, 0.2) is 0 Å². The van der Waals surface area contributed by atoms with Crippen LogP contribution in [0.5, 0.6) is 0 Å². The lowest BCUT2D eigenvalue weighted by Gasteiger charge is -2.22. The summed E-state index contributed by atoms with van der Waals surface area (Å²) < 4.78 is 5.16. The third-order valence-electron chi connectivity index (χ3n) is 4.22. The van der Waals surface area contributed by atoms with Gasteiger partial charge >= 0.3 is 0 Å². The van der Waals surface area contributed by atoms with E-state index in [9.17, 15) is 4.79 Å². The van der Waals surface area contributed by atoms with Crippen molar-refractivity contribution in [3.8, 4) is 11.3 Å². The molecule has 0 radical (unpaired) electrons. The Hall–Kier alpha value is -2.57. The molecule has 3 rings (SSSR count). The van der Waals surface area contributed by atoms with E-state index in [0.717, 1.165) is 27.5 Å². The molecule has 0 aliphatic rings. The molecule has 0 saturated heterocycles. The molecule has 27 heavy (non-hydrogen) atoms. The summed E-state index contributed by atoms with van der Waals surface area (Å²) in [5.74, 6) is 0.0648. The molecular weight excluding hydrogens is 358 g/mol. The maximum absolute atomic E-state index is 12.8. The average molecular weight is 382 g/mol. The van der Waals surface area contributed by atoms with Crippen molar-refractivity contribution in [1.29, 1.82) is 0 Å². The van der Waals surface area contributed by atoms with Crippen LogP contribution in [0.25, 0.3) is 11.3 Å². The van der Waals surface area contributed by atoms with Crippen LogP contribution in [-0.2, 0) is 22.5 Å². The molecule has 0 saturated carbocycles. The zero-order valence-corrected chi connectivity index (χ0v) is 16.4. The molecule has 0 aliphatic heterocycles. The molecule has 1 aromatic carbocycles. The van der Waals surface area contributed by atoms with Crippen LogP contribution in [0.1, 0.15) is 16.3 Å². The second-order valence-corrected chi connectivity index (χ2v) is 7.32. The smallest absolute Gasteiger partial charge is 0.227 e. The van der Waals surface area contributed by atoms with Gasteiger partial charge in [-0.25, -0.2) is 4.98 Å². The third-order valence-corrected chi connectivity index (χ3v) is 4.99. The number of ether oxygens (including phenoxy) is 1. The van der Waals surface area contributed by atoms with Crippen LogP contribution in [0.15, 0.2) is 54.0 Å². The van der Waals surface area contributed by atoms with Gasteiger partial charge in [-0.3, -0.25) is 9.78 Å². The number of aromatic nitrogens is 2. The molecule has 0 atom stereocenters. The highest BCUT2D eigenvalue weighted by molar-refractivity contribution is 7.09. The quantitative estimate of drug-likeness (QED) is 0.597. The lowest BCUT2D eigenvalue weighted by Crippen LogP contribution is -2.34. The van der Waals surface area contributed by atoms with Crippen molar-refractivity contribution in [1.82, 2.24) is 14.9 Å². The monoisotopic (exact) mass is 381 g/mol. The van der Waals surface area contributed by atoms with Gasteiger partial charge in [0.05, 0.1) is 36.0 Å². The Bertz CT molecular complexity index is 863. The van der Waals surface area contributed by atoms with Gasteiger partial charge in [0.1, 0.15) is 0 Å².